The number of amides is 8. The van der Waals surface area contributed by atoms with Crippen molar-refractivity contribution in [2.24, 2.45) is 23.3 Å². The maximum absolute atomic E-state index is 13.6. The molecule has 15 N–H and O–H groups in total. The van der Waals surface area contributed by atoms with Crippen molar-refractivity contribution >= 4 is 84.5 Å². The van der Waals surface area contributed by atoms with Crippen molar-refractivity contribution in [3.63, 3.8) is 0 Å². The van der Waals surface area contributed by atoms with Gasteiger partial charge in [-0.05, 0) is 44.1 Å². The first-order valence-electron chi connectivity index (χ1n) is 18.7. The molecule has 25 heteroatoms. The number of aliphatic carboxylic acids is 2. The summed E-state index contributed by atoms with van der Waals surface area (Å²) in [6.45, 7) is 4.83. The zero-order valence-corrected chi connectivity index (χ0v) is 35.2. The van der Waals surface area contributed by atoms with E-state index in [0.29, 0.717) is 12.8 Å². The molecule has 0 heterocycles. The summed E-state index contributed by atoms with van der Waals surface area (Å²) in [5, 5.41) is 46.7. The number of aliphatic hydroxyl groups excluding tert-OH is 1. The molecule has 0 aliphatic carbocycles. The fourth-order valence-electron chi connectivity index (χ4n) is 4.96. The van der Waals surface area contributed by atoms with Crippen molar-refractivity contribution in [1.82, 2.24) is 42.5 Å². The fourth-order valence-corrected chi connectivity index (χ4v) is 5.38. The summed E-state index contributed by atoms with van der Waals surface area (Å²) >= 11 is 7.74. The summed E-state index contributed by atoms with van der Waals surface area (Å²) in [7, 11) is 0. The van der Waals surface area contributed by atoms with Gasteiger partial charge in [0.25, 0.3) is 0 Å². The van der Waals surface area contributed by atoms with Gasteiger partial charge in [0, 0.05) is 11.5 Å². The van der Waals surface area contributed by atoms with Gasteiger partial charge >= 0.3 is 11.9 Å². The first-order valence-corrected chi connectivity index (χ1v) is 20.0. The number of carboxylic acid groups (broad SMARTS) is 2. The molecule has 0 saturated carbocycles. The van der Waals surface area contributed by atoms with Crippen LogP contribution in [0.5, 0.6) is 0 Å². The van der Waals surface area contributed by atoms with Gasteiger partial charge in [-0.1, -0.05) is 27.7 Å². The van der Waals surface area contributed by atoms with Crippen LogP contribution >= 0.6 is 25.3 Å². The van der Waals surface area contributed by atoms with Gasteiger partial charge in [0.1, 0.15) is 36.3 Å². The van der Waals surface area contributed by atoms with E-state index in [-0.39, 0.29) is 36.8 Å². The van der Waals surface area contributed by atoms with Crippen LogP contribution in [0.2, 0.25) is 0 Å². The van der Waals surface area contributed by atoms with Crippen LogP contribution in [0.3, 0.4) is 0 Å². The van der Waals surface area contributed by atoms with Crippen LogP contribution in [0.25, 0.3) is 0 Å². The molecule has 23 nitrogen and oxygen atoms in total. The van der Waals surface area contributed by atoms with Gasteiger partial charge in [0.2, 0.25) is 47.3 Å². The Hall–Kier alpha value is -4.72. The first kappa shape index (κ1) is 54.3. The van der Waals surface area contributed by atoms with Gasteiger partial charge in [-0.25, -0.2) is 4.79 Å². The number of carbonyl (C=O) groups is 10. The molecule has 0 aromatic rings. The quantitative estimate of drug-likeness (QED) is 0.0247. The van der Waals surface area contributed by atoms with E-state index < -0.39 is 134 Å². The van der Waals surface area contributed by atoms with Crippen LogP contribution in [0.15, 0.2) is 0 Å². The standard InChI is InChI=1S/C34H60N10O13S2/c1-16(2)9-20(31(53)40-21(10-26(48)49)32(54)43-23(15-59)34(56)57)41-33(55)27(17(3)4)44-30(52)19(7-5-6-8-35)39-25(47)12-37-24(46)11-38-29(51)22(13-45)42-28(50)18(36)14-58/h16-23,27,45,58-59H,5-15,35-36H2,1-4H3,(H,37,46)(H,38,51)(H,39,47)(H,40,53)(H,41,55)(H,42,50)(H,43,54)(H,44,52)(H,48,49)(H,56,57)/t18-,19-,20-,21-,22-,23-,27-/m0/s1. The molecule has 8 amide bonds. The number of aliphatic hydroxyl groups is 1. The normalized spacial score (nSPS) is 14.6. The number of hydrogen-bond acceptors (Lipinski definition) is 15. The third-order valence-corrected chi connectivity index (χ3v) is 8.97. The van der Waals surface area contributed by atoms with Gasteiger partial charge < -0.3 is 69.3 Å². The van der Waals surface area contributed by atoms with E-state index in [4.69, 9.17) is 11.5 Å². The molecule has 0 spiro atoms. The van der Waals surface area contributed by atoms with Crippen molar-refractivity contribution < 1.29 is 63.3 Å². The summed E-state index contributed by atoms with van der Waals surface area (Å²) in [4.78, 5) is 126. The Kier molecular flexibility index (Phi) is 26.4. The molecule has 0 saturated heterocycles. The van der Waals surface area contributed by atoms with E-state index >= 15 is 0 Å². The number of thiol groups is 2. The summed E-state index contributed by atoms with van der Waals surface area (Å²) in [6.07, 6.45) is -0.00440. The number of hydrogen-bond donors (Lipinski definition) is 15. The molecule has 0 aromatic carbocycles. The Bertz CT molecular complexity index is 1470. The number of nitrogens with one attached hydrogen (secondary N) is 8. The highest BCUT2D eigenvalue weighted by Crippen LogP contribution is 2.10. The summed E-state index contributed by atoms with van der Waals surface area (Å²) in [6, 6.07) is -9.53. The van der Waals surface area contributed by atoms with E-state index in [1.54, 1.807) is 27.7 Å². The summed E-state index contributed by atoms with van der Waals surface area (Å²) in [5.41, 5.74) is 11.1. The highest BCUT2D eigenvalue weighted by atomic mass is 32.1. The predicted octanol–water partition coefficient (Wildman–Crippen LogP) is -5.30. The topological polar surface area (TPSA) is 380 Å². The van der Waals surface area contributed by atoms with Crippen LogP contribution in [-0.4, -0.2) is 155 Å². The zero-order chi connectivity index (χ0) is 45.4. The van der Waals surface area contributed by atoms with Crippen LogP contribution in [0, 0.1) is 11.8 Å². The molecule has 0 aromatic heterocycles. The number of carboxylic acids is 2. The highest BCUT2D eigenvalue weighted by molar-refractivity contribution is 7.80. The molecule has 0 rings (SSSR count). The molecule has 59 heavy (non-hydrogen) atoms. The number of rotatable bonds is 29. The molecule has 0 aliphatic rings. The minimum atomic E-state index is -1.73. The Morgan fingerprint density at radius 2 is 1.14 bits per heavy atom. The van der Waals surface area contributed by atoms with E-state index in [1.807, 2.05) is 0 Å². The lowest BCUT2D eigenvalue weighted by Crippen LogP contribution is -2.60. The predicted molar refractivity (Wildman–Crippen MR) is 217 cm³/mol. The highest BCUT2D eigenvalue weighted by Gasteiger charge is 2.34. The third kappa shape index (κ3) is 21.7. The Balaban J connectivity index is 5.81. The Labute approximate surface area is 352 Å². The van der Waals surface area contributed by atoms with Crippen molar-refractivity contribution in [3.8, 4) is 0 Å². The maximum atomic E-state index is 13.6. The zero-order valence-electron chi connectivity index (χ0n) is 33.4. The molecular weight excluding hydrogens is 821 g/mol. The van der Waals surface area contributed by atoms with E-state index in [9.17, 15) is 63.3 Å². The van der Waals surface area contributed by atoms with Gasteiger partial charge in [0.15, 0.2) is 0 Å². The number of unbranched alkanes of at least 4 members (excludes halogenated alkanes) is 1. The monoisotopic (exact) mass is 880 g/mol. The lowest BCUT2D eigenvalue weighted by Gasteiger charge is -2.28. The van der Waals surface area contributed by atoms with Crippen LogP contribution < -0.4 is 54.0 Å². The summed E-state index contributed by atoms with van der Waals surface area (Å²) < 4.78 is 0. The molecule has 336 valence electrons. The molecule has 7 atom stereocenters. The first-order chi connectivity index (χ1) is 27.6. The molecule has 0 fully saturated rings. The average molecular weight is 881 g/mol. The minimum absolute atomic E-state index is 0.00298. The SMILES string of the molecule is CC(C)C[C@H](NC(=O)[C@@H](NC(=O)[C@H](CCCCN)NC(=O)CNC(=O)CNC(=O)[C@H](CO)NC(=O)[C@@H](N)CS)C(C)C)C(=O)N[C@@H](CC(=O)O)C(=O)N[C@@H](CS)C(=O)O. The smallest absolute Gasteiger partial charge is 0.327 e. The number of nitrogens with two attached hydrogens (primary N) is 2. The molecular formula is C34H60N10O13S2. The van der Waals surface area contributed by atoms with Crippen LogP contribution in [0.1, 0.15) is 59.8 Å². The maximum Gasteiger partial charge on any atom is 0.327 e. The number of carbonyl (C=O) groups excluding carboxylic acids is 8. The second kappa shape index (κ2) is 28.7. The van der Waals surface area contributed by atoms with E-state index in [1.165, 1.54) is 0 Å². The van der Waals surface area contributed by atoms with Crippen molar-refractivity contribution in [1.29, 1.82) is 0 Å². The van der Waals surface area contributed by atoms with Crippen LogP contribution in [0.4, 0.5) is 0 Å². The molecule has 0 radical (unpaired) electrons. The summed E-state index contributed by atoms with van der Waals surface area (Å²) in [5.74, 6) is -11.1. The Morgan fingerprint density at radius 3 is 1.64 bits per heavy atom. The van der Waals surface area contributed by atoms with Gasteiger partial charge in [-0.2, -0.15) is 25.3 Å². The van der Waals surface area contributed by atoms with Gasteiger partial charge in [0.05, 0.1) is 32.2 Å². The lowest BCUT2D eigenvalue weighted by molar-refractivity contribution is -0.143. The van der Waals surface area contributed by atoms with Gasteiger partial charge in [-0.3, -0.25) is 43.2 Å². The second-order valence-corrected chi connectivity index (χ2v) is 14.8. The molecule has 0 bridgehead atoms. The van der Waals surface area contributed by atoms with E-state index in [0.717, 1.165) is 0 Å². The lowest BCUT2D eigenvalue weighted by atomic mass is 9.99. The van der Waals surface area contributed by atoms with Crippen molar-refractivity contribution in [2.45, 2.75) is 102 Å². The van der Waals surface area contributed by atoms with Gasteiger partial charge in [-0.15, -0.1) is 0 Å². The third-order valence-electron chi connectivity index (χ3n) is 8.21. The Morgan fingerprint density at radius 1 is 0.593 bits per heavy atom. The fraction of sp³-hybridized carbons (Fsp3) is 0.706. The minimum Gasteiger partial charge on any atom is -0.481 e. The van der Waals surface area contributed by atoms with Crippen molar-refractivity contribution in [3.05, 3.63) is 0 Å². The van der Waals surface area contributed by atoms with Crippen molar-refractivity contribution in [2.75, 3.05) is 37.7 Å². The second-order valence-electron chi connectivity index (χ2n) is 14.1. The molecule has 0 aliphatic heterocycles. The average Bonchev–Trinajstić information content (AvgIpc) is 3.16. The largest absolute Gasteiger partial charge is 0.481 e. The van der Waals surface area contributed by atoms with E-state index in [2.05, 4.69) is 67.8 Å². The molecule has 0 unspecified atom stereocenters. The van der Waals surface area contributed by atoms with Crippen LogP contribution in [-0.2, 0) is 47.9 Å².